The maximum Gasteiger partial charge on any atom is 0.346 e. The highest BCUT2D eigenvalue weighted by Gasteiger charge is 2.33. The van der Waals surface area contributed by atoms with Gasteiger partial charge in [-0.2, -0.15) is 0 Å². The van der Waals surface area contributed by atoms with Crippen LogP contribution in [0.15, 0.2) is 30.9 Å². The van der Waals surface area contributed by atoms with Crippen molar-refractivity contribution in [3.05, 3.63) is 53.1 Å². The fraction of sp³-hybridized carbons (Fsp3) is 0.125. The van der Waals surface area contributed by atoms with E-state index in [2.05, 4.69) is 16.1 Å². The summed E-state index contributed by atoms with van der Waals surface area (Å²) in [5, 5.41) is 0. The Labute approximate surface area is 126 Å². The van der Waals surface area contributed by atoms with Crippen LogP contribution in [-0.4, -0.2) is 31.3 Å². The van der Waals surface area contributed by atoms with Gasteiger partial charge in [0.1, 0.15) is 6.29 Å². The molecule has 0 unspecified atom stereocenters. The molecule has 1 aliphatic rings. The average Bonchev–Trinajstić information content (AvgIpc) is 2.51. The molecule has 0 fully saturated rings. The Kier molecular flexibility index (Phi) is 4.31. The van der Waals surface area contributed by atoms with Gasteiger partial charge in [0.25, 0.3) is 0 Å². The van der Waals surface area contributed by atoms with E-state index in [1.807, 2.05) is 0 Å². The van der Waals surface area contributed by atoms with Crippen LogP contribution in [-0.2, 0) is 25.5 Å². The van der Waals surface area contributed by atoms with Crippen molar-refractivity contribution in [2.75, 3.05) is 7.11 Å². The average molecular weight is 300 g/mol. The number of esters is 3. The molecular formula is C16H12O6. The summed E-state index contributed by atoms with van der Waals surface area (Å²) in [6, 6.07) is 2.73. The Morgan fingerprint density at radius 2 is 2.05 bits per heavy atom. The molecule has 112 valence electrons. The van der Waals surface area contributed by atoms with Crippen molar-refractivity contribution in [2.24, 2.45) is 0 Å². The molecule has 6 heteroatoms. The molecule has 22 heavy (non-hydrogen) atoms. The first kappa shape index (κ1) is 15.4. The second-order valence-electron chi connectivity index (χ2n) is 4.37. The summed E-state index contributed by atoms with van der Waals surface area (Å²) in [5.74, 6) is -2.35. The summed E-state index contributed by atoms with van der Waals surface area (Å²) in [5.41, 5.74) is 0.740. The Bertz CT molecular complexity index is 726. The monoisotopic (exact) mass is 300 g/mol. The van der Waals surface area contributed by atoms with Crippen LogP contribution in [0.3, 0.4) is 0 Å². The largest absolute Gasteiger partial charge is 0.465 e. The zero-order valence-corrected chi connectivity index (χ0v) is 11.8. The summed E-state index contributed by atoms with van der Waals surface area (Å²) in [6.45, 7) is 3.50. The van der Waals surface area contributed by atoms with Gasteiger partial charge in [0.15, 0.2) is 0 Å². The Morgan fingerprint density at radius 3 is 2.64 bits per heavy atom. The molecule has 0 aliphatic carbocycles. The first-order valence-electron chi connectivity index (χ1n) is 6.32. The van der Waals surface area contributed by atoms with Crippen molar-refractivity contribution in [1.82, 2.24) is 0 Å². The minimum Gasteiger partial charge on any atom is -0.465 e. The number of ether oxygens (including phenoxy) is 2. The number of benzene rings is 1. The first-order valence-corrected chi connectivity index (χ1v) is 6.32. The second-order valence-corrected chi connectivity index (χ2v) is 4.37. The van der Waals surface area contributed by atoms with Crippen LogP contribution < -0.4 is 0 Å². The zero-order valence-electron chi connectivity index (χ0n) is 11.8. The van der Waals surface area contributed by atoms with E-state index in [1.54, 1.807) is 0 Å². The summed E-state index contributed by atoms with van der Waals surface area (Å²) in [4.78, 5) is 46.6. The highest BCUT2D eigenvalue weighted by molar-refractivity contribution is 6.27. The van der Waals surface area contributed by atoms with E-state index in [-0.39, 0.29) is 34.2 Å². The lowest BCUT2D eigenvalue weighted by Gasteiger charge is -2.21. The third-order valence-electron chi connectivity index (χ3n) is 3.18. The van der Waals surface area contributed by atoms with Crippen LogP contribution in [0.4, 0.5) is 0 Å². The van der Waals surface area contributed by atoms with Crippen LogP contribution in [0.25, 0.3) is 5.57 Å². The van der Waals surface area contributed by atoms with Crippen molar-refractivity contribution in [1.29, 1.82) is 0 Å². The number of hydrogen-bond acceptors (Lipinski definition) is 6. The van der Waals surface area contributed by atoms with Gasteiger partial charge in [-0.25, -0.2) is 14.4 Å². The quantitative estimate of drug-likeness (QED) is 0.362. The van der Waals surface area contributed by atoms with Gasteiger partial charge < -0.3 is 14.3 Å². The number of cyclic esters (lactones) is 2. The highest BCUT2D eigenvalue weighted by Crippen LogP contribution is 2.32. The fourth-order valence-electron chi connectivity index (χ4n) is 2.29. The van der Waals surface area contributed by atoms with Gasteiger partial charge in [-0.1, -0.05) is 12.7 Å². The molecule has 1 aliphatic heterocycles. The number of hydrogen-bond donors (Lipinski definition) is 0. The predicted octanol–water partition coefficient (Wildman–Crippen LogP) is 1.48. The number of fused-ring (bicyclic) bond motifs is 1. The number of methoxy groups -OCH3 is 1. The third-order valence-corrected chi connectivity index (χ3v) is 3.18. The molecular weight excluding hydrogens is 288 g/mol. The molecule has 0 radical (unpaired) electrons. The van der Waals surface area contributed by atoms with E-state index >= 15 is 0 Å². The molecule has 0 saturated heterocycles. The van der Waals surface area contributed by atoms with Gasteiger partial charge in [0.2, 0.25) is 0 Å². The van der Waals surface area contributed by atoms with Crippen LogP contribution in [0.5, 0.6) is 0 Å². The number of carbonyl (C=O) groups is 4. The molecule has 0 atom stereocenters. The lowest BCUT2D eigenvalue weighted by atomic mass is 9.87. The summed E-state index contributed by atoms with van der Waals surface area (Å²) in [6.07, 6.45) is 3.15. The molecule has 0 bridgehead atoms. The van der Waals surface area contributed by atoms with Gasteiger partial charge in [-0.3, -0.25) is 0 Å². The normalized spacial score (nSPS) is 15.0. The van der Waals surface area contributed by atoms with Crippen LogP contribution in [0.2, 0.25) is 0 Å². The standard InChI is InChI=1S/C16H12O6/c1-3-4-11-13-9(7-8-17)10(14(18)21-2)5-6-12(13)16(20)22-15(11)19/h3-6,8H,1,7H2,2H3/b11-4+. The predicted molar refractivity (Wildman–Crippen MR) is 76.1 cm³/mol. The van der Waals surface area contributed by atoms with Gasteiger partial charge in [-0.15, -0.1) is 0 Å². The molecule has 0 aromatic heterocycles. The maximum absolute atomic E-state index is 11.9. The van der Waals surface area contributed by atoms with Gasteiger partial charge in [-0.05, 0) is 23.8 Å². The van der Waals surface area contributed by atoms with E-state index in [4.69, 9.17) is 0 Å². The van der Waals surface area contributed by atoms with E-state index < -0.39 is 17.9 Å². The SMILES string of the molecule is C=C/C=C1/C(=O)OC(=O)c2ccc(C(=O)OC)c(CC=O)c21. The van der Waals surface area contributed by atoms with Gasteiger partial charge in [0.05, 0.1) is 23.8 Å². The summed E-state index contributed by atoms with van der Waals surface area (Å²) < 4.78 is 9.31. The first-order chi connectivity index (χ1) is 10.5. The van der Waals surface area contributed by atoms with E-state index in [1.165, 1.54) is 31.4 Å². The van der Waals surface area contributed by atoms with Crippen LogP contribution >= 0.6 is 0 Å². The molecule has 1 aromatic rings. The lowest BCUT2D eigenvalue weighted by molar-refractivity contribution is -0.131. The number of carbonyl (C=O) groups excluding carboxylic acids is 4. The molecule has 2 rings (SSSR count). The fourth-order valence-corrected chi connectivity index (χ4v) is 2.29. The minimum atomic E-state index is -0.855. The van der Waals surface area contributed by atoms with Crippen molar-refractivity contribution < 1.29 is 28.7 Å². The topological polar surface area (TPSA) is 86.7 Å². The Morgan fingerprint density at radius 1 is 1.32 bits per heavy atom. The van der Waals surface area contributed by atoms with Crippen LogP contribution in [0, 0.1) is 0 Å². The molecule has 0 N–H and O–H groups in total. The van der Waals surface area contributed by atoms with Gasteiger partial charge in [0, 0.05) is 12.0 Å². The molecule has 0 amide bonds. The Balaban J connectivity index is 2.84. The third kappa shape index (κ3) is 2.46. The molecule has 1 aromatic carbocycles. The summed E-state index contributed by atoms with van der Waals surface area (Å²) in [7, 11) is 1.20. The van der Waals surface area contributed by atoms with E-state index in [9.17, 15) is 19.2 Å². The molecule has 6 nitrogen and oxygen atoms in total. The second kappa shape index (κ2) is 6.17. The number of allylic oxidation sites excluding steroid dienone is 2. The van der Waals surface area contributed by atoms with Crippen molar-refractivity contribution in [3.63, 3.8) is 0 Å². The molecule has 0 saturated carbocycles. The zero-order chi connectivity index (χ0) is 16.3. The van der Waals surface area contributed by atoms with Crippen LogP contribution in [0.1, 0.15) is 31.8 Å². The summed E-state index contributed by atoms with van der Waals surface area (Å²) >= 11 is 0. The Hall–Kier alpha value is -3.02. The number of aldehydes is 1. The number of rotatable bonds is 4. The maximum atomic E-state index is 11.9. The van der Waals surface area contributed by atoms with E-state index in [0.29, 0.717) is 6.29 Å². The van der Waals surface area contributed by atoms with Crippen molar-refractivity contribution >= 4 is 29.8 Å². The smallest absolute Gasteiger partial charge is 0.346 e. The van der Waals surface area contributed by atoms with Gasteiger partial charge >= 0.3 is 17.9 Å². The highest BCUT2D eigenvalue weighted by atomic mass is 16.6. The lowest BCUT2D eigenvalue weighted by Crippen LogP contribution is -2.25. The van der Waals surface area contributed by atoms with Crippen molar-refractivity contribution in [3.8, 4) is 0 Å². The molecule has 0 spiro atoms. The van der Waals surface area contributed by atoms with E-state index in [0.717, 1.165) is 0 Å². The van der Waals surface area contributed by atoms with Crippen molar-refractivity contribution in [2.45, 2.75) is 6.42 Å². The molecule has 1 heterocycles. The minimum absolute atomic E-state index is 0.0622.